The summed E-state index contributed by atoms with van der Waals surface area (Å²) in [5.74, 6) is 0.0353. The summed E-state index contributed by atoms with van der Waals surface area (Å²) in [4.78, 5) is 3.71. The van der Waals surface area contributed by atoms with Gasteiger partial charge in [-0.2, -0.15) is 0 Å². The molecule has 1 atom stereocenters. The molecule has 0 aliphatic heterocycles. The van der Waals surface area contributed by atoms with Gasteiger partial charge in [-0.25, -0.2) is 0 Å². The molecule has 0 fully saturated rings. The van der Waals surface area contributed by atoms with Crippen molar-refractivity contribution in [3.8, 4) is 0 Å². The van der Waals surface area contributed by atoms with Crippen LogP contribution in [0.4, 0.5) is 0 Å². The largest absolute Gasteiger partial charge is 0.370 e. The highest BCUT2D eigenvalue weighted by atomic mass is 16.5. The number of aliphatic hydroxyl groups is 2. The molecule has 72 valence electrons. The molecule has 0 saturated heterocycles. The van der Waals surface area contributed by atoms with Crippen LogP contribution in [0.1, 0.15) is 12.8 Å². The molecule has 0 aromatic rings. The van der Waals surface area contributed by atoms with Crippen molar-refractivity contribution in [2.45, 2.75) is 25.2 Å². The van der Waals surface area contributed by atoms with Crippen molar-refractivity contribution in [1.29, 1.82) is 0 Å². The first kappa shape index (κ1) is 11.2. The molecule has 0 aromatic heterocycles. The van der Waals surface area contributed by atoms with Crippen LogP contribution in [-0.4, -0.2) is 35.0 Å². The van der Waals surface area contributed by atoms with E-state index in [0.717, 1.165) is 0 Å². The number of guanidine groups is 1. The maximum Gasteiger partial charge on any atom is 0.185 e. The monoisotopic (exact) mass is 176 g/mol. The van der Waals surface area contributed by atoms with Crippen LogP contribution in [-0.2, 0) is 0 Å². The SMILES string of the molecule is NC(N)=NCCCC(N)C(O)O. The van der Waals surface area contributed by atoms with E-state index >= 15 is 0 Å². The molecule has 1 unspecified atom stereocenters. The molecule has 0 rings (SSSR count). The van der Waals surface area contributed by atoms with E-state index < -0.39 is 12.3 Å². The summed E-state index contributed by atoms with van der Waals surface area (Å²) < 4.78 is 0. The minimum Gasteiger partial charge on any atom is -0.370 e. The Morgan fingerprint density at radius 2 is 1.92 bits per heavy atom. The summed E-state index contributed by atoms with van der Waals surface area (Å²) in [5.41, 5.74) is 15.5. The Hall–Kier alpha value is -0.850. The highest BCUT2D eigenvalue weighted by Gasteiger charge is 2.09. The Kier molecular flexibility index (Phi) is 5.35. The molecule has 6 heteroatoms. The van der Waals surface area contributed by atoms with Crippen LogP contribution in [0, 0.1) is 0 Å². The van der Waals surface area contributed by atoms with E-state index in [1.54, 1.807) is 0 Å². The number of hydrogen-bond acceptors (Lipinski definition) is 4. The summed E-state index contributed by atoms with van der Waals surface area (Å²) >= 11 is 0. The van der Waals surface area contributed by atoms with Crippen molar-refractivity contribution in [3.05, 3.63) is 0 Å². The molecule has 0 aromatic carbocycles. The Morgan fingerprint density at radius 3 is 2.33 bits per heavy atom. The van der Waals surface area contributed by atoms with Gasteiger partial charge in [0.2, 0.25) is 0 Å². The zero-order valence-electron chi connectivity index (χ0n) is 6.85. The van der Waals surface area contributed by atoms with Gasteiger partial charge in [0.05, 0.1) is 6.04 Å². The molecule has 0 spiro atoms. The molecule has 6 nitrogen and oxygen atoms in total. The van der Waals surface area contributed by atoms with Crippen molar-refractivity contribution >= 4 is 5.96 Å². The van der Waals surface area contributed by atoms with Crippen LogP contribution in [0.2, 0.25) is 0 Å². The molecule has 0 amide bonds. The second kappa shape index (κ2) is 5.76. The minimum absolute atomic E-state index is 0.0353. The molecule has 12 heavy (non-hydrogen) atoms. The second-order valence-electron chi connectivity index (χ2n) is 2.53. The third-order valence-electron chi connectivity index (χ3n) is 1.37. The standard InChI is InChI=1S/C6H16N4O2/c7-4(5(11)12)2-1-3-10-6(8)9/h4-5,11-12H,1-3,7H2,(H4,8,9,10). The average Bonchev–Trinajstić information content (AvgIpc) is 1.97. The number of aliphatic imine (C=N–C) groups is 1. The van der Waals surface area contributed by atoms with Gasteiger partial charge in [-0.05, 0) is 12.8 Å². The third-order valence-corrected chi connectivity index (χ3v) is 1.37. The van der Waals surface area contributed by atoms with Gasteiger partial charge in [-0.1, -0.05) is 0 Å². The summed E-state index contributed by atoms with van der Waals surface area (Å²) in [6.45, 7) is 0.461. The van der Waals surface area contributed by atoms with Gasteiger partial charge in [-0.15, -0.1) is 0 Å². The van der Waals surface area contributed by atoms with E-state index in [1.807, 2.05) is 0 Å². The van der Waals surface area contributed by atoms with Gasteiger partial charge >= 0.3 is 0 Å². The molecule has 0 heterocycles. The number of aliphatic hydroxyl groups excluding tert-OH is 1. The lowest BCUT2D eigenvalue weighted by atomic mass is 10.1. The average molecular weight is 176 g/mol. The molecule has 0 aliphatic carbocycles. The van der Waals surface area contributed by atoms with E-state index in [2.05, 4.69) is 4.99 Å². The molecular formula is C6H16N4O2. The van der Waals surface area contributed by atoms with Gasteiger partial charge in [0, 0.05) is 6.54 Å². The second-order valence-corrected chi connectivity index (χ2v) is 2.53. The van der Waals surface area contributed by atoms with Gasteiger partial charge in [0.15, 0.2) is 12.2 Å². The maximum absolute atomic E-state index is 8.57. The number of rotatable bonds is 5. The van der Waals surface area contributed by atoms with Crippen LogP contribution in [0.5, 0.6) is 0 Å². The molecule has 0 bridgehead atoms. The van der Waals surface area contributed by atoms with E-state index in [-0.39, 0.29) is 5.96 Å². The van der Waals surface area contributed by atoms with E-state index in [0.29, 0.717) is 19.4 Å². The van der Waals surface area contributed by atoms with Crippen LogP contribution < -0.4 is 17.2 Å². The number of hydrogen-bond donors (Lipinski definition) is 5. The summed E-state index contributed by atoms with van der Waals surface area (Å²) in [6.07, 6.45) is -0.352. The van der Waals surface area contributed by atoms with Crippen molar-refractivity contribution < 1.29 is 10.2 Å². The van der Waals surface area contributed by atoms with Gasteiger partial charge < -0.3 is 27.4 Å². The first-order valence-corrected chi connectivity index (χ1v) is 3.71. The van der Waals surface area contributed by atoms with Crippen molar-refractivity contribution in [3.63, 3.8) is 0 Å². The first-order chi connectivity index (χ1) is 5.54. The van der Waals surface area contributed by atoms with E-state index in [9.17, 15) is 0 Å². The summed E-state index contributed by atoms with van der Waals surface area (Å²) in [7, 11) is 0. The number of nitrogens with two attached hydrogens (primary N) is 3. The quantitative estimate of drug-likeness (QED) is 0.139. The first-order valence-electron chi connectivity index (χ1n) is 3.71. The van der Waals surface area contributed by atoms with Crippen molar-refractivity contribution in [1.82, 2.24) is 0 Å². The van der Waals surface area contributed by atoms with Crippen LogP contribution in [0.15, 0.2) is 4.99 Å². The minimum atomic E-state index is -1.47. The van der Waals surface area contributed by atoms with E-state index in [1.165, 1.54) is 0 Å². The fraction of sp³-hybridized carbons (Fsp3) is 0.833. The highest BCUT2D eigenvalue weighted by Crippen LogP contribution is 1.97. The molecular weight excluding hydrogens is 160 g/mol. The van der Waals surface area contributed by atoms with E-state index in [4.69, 9.17) is 27.4 Å². The van der Waals surface area contributed by atoms with Gasteiger partial charge in [0.25, 0.3) is 0 Å². The van der Waals surface area contributed by atoms with Crippen LogP contribution in [0.25, 0.3) is 0 Å². The fourth-order valence-electron chi connectivity index (χ4n) is 0.684. The van der Waals surface area contributed by atoms with Crippen LogP contribution >= 0.6 is 0 Å². The smallest absolute Gasteiger partial charge is 0.185 e. The topological polar surface area (TPSA) is 131 Å². The zero-order valence-corrected chi connectivity index (χ0v) is 6.85. The Morgan fingerprint density at radius 1 is 1.33 bits per heavy atom. The van der Waals surface area contributed by atoms with Crippen molar-refractivity contribution in [2.75, 3.05) is 6.54 Å². The Bertz CT molecular complexity index is 144. The third kappa shape index (κ3) is 5.90. The molecule has 0 saturated carbocycles. The lowest BCUT2D eigenvalue weighted by Gasteiger charge is -2.11. The van der Waals surface area contributed by atoms with Gasteiger partial charge in [-0.3, -0.25) is 4.99 Å². The predicted molar refractivity (Wildman–Crippen MR) is 46.1 cm³/mol. The predicted octanol–water partition coefficient (Wildman–Crippen LogP) is -2.32. The van der Waals surface area contributed by atoms with Crippen molar-refractivity contribution in [2.24, 2.45) is 22.2 Å². The molecule has 8 N–H and O–H groups in total. The fourth-order valence-corrected chi connectivity index (χ4v) is 0.684. The Labute approximate surface area is 71.1 Å². The maximum atomic E-state index is 8.57. The highest BCUT2D eigenvalue weighted by molar-refractivity contribution is 5.75. The summed E-state index contributed by atoms with van der Waals surface area (Å²) in [6, 6.07) is -0.626. The normalized spacial score (nSPS) is 13.0. The number of nitrogens with zero attached hydrogens (tertiary/aromatic N) is 1. The summed E-state index contributed by atoms with van der Waals surface area (Å²) in [5, 5.41) is 17.1. The molecule has 0 radical (unpaired) electrons. The van der Waals surface area contributed by atoms with Gasteiger partial charge in [0.1, 0.15) is 0 Å². The molecule has 0 aliphatic rings. The lowest BCUT2D eigenvalue weighted by molar-refractivity contribution is -0.0597. The Balaban J connectivity index is 3.38. The lowest BCUT2D eigenvalue weighted by Crippen LogP contribution is -2.34. The van der Waals surface area contributed by atoms with Crippen LogP contribution in [0.3, 0.4) is 0 Å². The zero-order chi connectivity index (χ0) is 9.56.